The zero-order chi connectivity index (χ0) is 22.6. The monoisotopic (exact) mass is 445 g/mol. The second-order valence-electron chi connectivity index (χ2n) is 8.71. The van der Waals surface area contributed by atoms with E-state index < -0.39 is 0 Å². The average Bonchev–Trinajstić information content (AvgIpc) is 2.82. The van der Waals surface area contributed by atoms with E-state index in [0.717, 1.165) is 75.8 Å². The van der Waals surface area contributed by atoms with Gasteiger partial charge in [-0.15, -0.1) is 0 Å². The van der Waals surface area contributed by atoms with E-state index in [1.807, 2.05) is 23.1 Å². The molecule has 0 aliphatic carbocycles. The molecule has 0 radical (unpaired) electrons. The van der Waals surface area contributed by atoms with Gasteiger partial charge in [0.15, 0.2) is 0 Å². The van der Waals surface area contributed by atoms with Crippen molar-refractivity contribution in [3.8, 4) is 5.75 Å². The number of carbonyl (C=O) groups excluding carboxylic acids is 2. The van der Waals surface area contributed by atoms with Gasteiger partial charge in [0.05, 0.1) is 19.8 Å². The molecule has 32 heavy (non-hydrogen) atoms. The lowest BCUT2D eigenvalue weighted by molar-refractivity contribution is -0.132. The summed E-state index contributed by atoms with van der Waals surface area (Å²) < 4.78 is 11.3. The van der Waals surface area contributed by atoms with Crippen LogP contribution in [0.15, 0.2) is 18.2 Å². The Morgan fingerprint density at radius 2 is 1.97 bits per heavy atom. The zero-order valence-corrected chi connectivity index (χ0v) is 19.6. The Hall–Kier alpha value is -2.12. The van der Waals surface area contributed by atoms with Gasteiger partial charge in [0.2, 0.25) is 11.8 Å². The molecule has 3 rings (SSSR count). The van der Waals surface area contributed by atoms with E-state index in [4.69, 9.17) is 9.47 Å². The van der Waals surface area contributed by atoms with E-state index in [1.165, 1.54) is 19.3 Å². The van der Waals surface area contributed by atoms with Crippen LogP contribution in [0.5, 0.6) is 5.75 Å². The van der Waals surface area contributed by atoms with Gasteiger partial charge in [-0.25, -0.2) is 0 Å². The number of nitrogens with zero attached hydrogens (tertiary/aromatic N) is 2. The molecule has 2 aliphatic rings. The van der Waals surface area contributed by atoms with E-state index in [1.54, 1.807) is 0 Å². The van der Waals surface area contributed by atoms with Crippen LogP contribution in [0.3, 0.4) is 0 Å². The predicted molar refractivity (Wildman–Crippen MR) is 126 cm³/mol. The van der Waals surface area contributed by atoms with Crippen molar-refractivity contribution in [2.75, 3.05) is 57.9 Å². The summed E-state index contributed by atoms with van der Waals surface area (Å²) in [6.07, 6.45) is 7.16. The summed E-state index contributed by atoms with van der Waals surface area (Å²) in [7, 11) is 0. The largest absolute Gasteiger partial charge is 0.494 e. The zero-order valence-electron chi connectivity index (χ0n) is 19.6. The number of hydrogen-bond donors (Lipinski definition) is 1. The van der Waals surface area contributed by atoms with Crippen LogP contribution in [0.25, 0.3) is 0 Å². The number of benzene rings is 1. The number of ether oxygens (including phenoxy) is 2. The summed E-state index contributed by atoms with van der Waals surface area (Å²) >= 11 is 0. The summed E-state index contributed by atoms with van der Waals surface area (Å²) in [5.74, 6) is 1.10. The van der Waals surface area contributed by atoms with Gasteiger partial charge in [-0.1, -0.05) is 26.2 Å². The van der Waals surface area contributed by atoms with Crippen molar-refractivity contribution < 1.29 is 19.1 Å². The van der Waals surface area contributed by atoms with Crippen molar-refractivity contribution in [2.24, 2.45) is 0 Å². The maximum atomic E-state index is 12.9. The Balaban J connectivity index is 1.41. The van der Waals surface area contributed by atoms with Gasteiger partial charge in [0.25, 0.3) is 0 Å². The minimum atomic E-state index is 0.0672. The summed E-state index contributed by atoms with van der Waals surface area (Å²) in [5.41, 5.74) is 1.99. The van der Waals surface area contributed by atoms with Gasteiger partial charge in [-0.3, -0.25) is 14.5 Å². The molecule has 0 atom stereocenters. The van der Waals surface area contributed by atoms with Gasteiger partial charge in [0, 0.05) is 51.3 Å². The maximum Gasteiger partial charge on any atom is 0.224 e. The number of nitrogens with one attached hydrogen (secondary N) is 1. The Bertz CT molecular complexity index is 734. The molecule has 2 heterocycles. The molecular weight excluding hydrogens is 406 g/mol. The molecule has 178 valence electrons. The molecule has 0 spiro atoms. The molecule has 0 unspecified atom stereocenters. The second-order valence-corrected chi connectivity index (χ2v) is 8.71. The number of hydrogen-bond acceptors (Lipinski definition) is 5. The third-order valence-electron chi connectivity index (χ3n) is 6.20. The summed E-state index contributed by atoms with van der Waals surface area (Å²) in [6.45, 7) is 8.78. The van der Waals surface area contributed by atoms with Crippen LogP contribution in [-0.2, 0) is 20.7 Å². The van der Waals surface area contributed by atoms with E-state index >= 15 is 0 Å². The van der Waals surface area contributed by atoms with Crippen molar-refractivity contribution in [1.29, 1.82) is 0 Å². The molecule has 0 aromatic heterocycles. The first-order valence-electron chi connectivity index (χ1n) is 12.3. The van der Waals surface area contributed by atoms with Crippen molar-refractivity contribution in [1.82, 2.24) is 9.80 Å². The molecule has 0 saturated carbocycles. The molecule has 1 fully saturated rings. The van der Waals surface area contributed by atoms with Crippen molar-refractivity contribution >= 4 is 17.5 Å². The molecule has 7 nitrogen and oxygen atoms in total. The van der Waals surface area contributed by atoms with E-state index in [-0.39, 0.29) is 11.8 Å². The highest BCUT2D eigenvalue weighted by molar-refractivity contribution is 5.94. The Labute approximate surface area is 192 Å². The fourth-order valence-electron chi connectivity index (χ4n) is 4.20. The van der Waals surface area contributed by atoms with E-state index in [2.05, 4.69) is 17.1 Å². The Kier molecular flexibility index (Phi) is 10.3. The Morgan fingerprint density at radius 3 is 2.78 bits per heavy atom. The molecule has 1 saturated heterocycles. The fraction of sp³-hybridized carbons (Fsp3) is 0.680. The minimum absolute atomic E-state index is 0.0672. The van der Waals surface area contributed by atoms with Gasteiger partial charge in [-0.05, 0) is 43.0 Å². The lowest BCUT2D eigenvalue weighted by atomic mass is 10.0. The van der Waals surface area contributed by atoms with E-state index in [9.17, 15) is 9.59 Å². The van der Waals surface area contributed by atoms with Gasteiger partial charge in [-0.2, -0.15) is 0 Å². The topological polar surface area (TPSA) is 71.1 Å². The van der Waals surface area contributed by atoms with Gasteiger partial charge in [0.1, 0.15) is 5.75 Å². The van der Waals surface area contributed by atoms with Crippen LogP contribution in [0, 0.1) is 0 Å². The molecule has 0 bridgehead atoms. The first kappa shape index (κ1) is 24.5. The standard InChI is InChI=1S/C25H39N3O4/c1-2-3-4-5-12-28(14-13-27-15-18-31-19-16-27)25(30)7-6-17-32-22-9-10-23-21(20-22)8-11-24(29)26-23/h9-10,20H,2-8,11-19H2,1H3,(H,26,29). The first-order valence-corrected chi connectivity index (χ1v) is 12.3. The number of unbranched alkanes of at least 4 members (excludes halogenated alkanes) is 3. The normalized spacial score (nSPS) is 16.3. The minimum Gasteiger partial charge on any atom is -0.494 e. The van der Waals surface area contributed by atoms with Crippen LogP contribution in [0.2, 0.25) is 0 Å². The summed E-state index contributed by atoms with van der Waals surface area (Å²) in [5, 5.41) is 2.89. The van der Waals surface area contributed by atoms with Gasteiger partial charge >= 0.3 is 0 Å². The second kappa shape index (κ2) is 13.4. The SMILES string of the molecule is CCCCCCN(CCN1CCOCC1)C(=O)CCCOc1ccc2c(c1)CCC(=O)N2. The molecule has 2 aliphatic heterocycles. The smallest absolute Gasteiger partial charge is 0.224 e. The summed E-state index contributed by atoms with van der Waals surface area (Å²) in [4.78, 5) is 28.8. The average molecular weight is 446 g/mol. The lowest BCUT2D eigenvalue weighted by Crippen LogP contribution is -2.43. The fourth-order valence-corrected chi connectivity index (χ4v) is 4.20. The molecule has 1 aromatic rings. The van der Waals surface area contributed by atoms with Gasteiger partial charge < -0.3 is 19.7 Å². The third kappa shape index (κ3) is 8.10. The number of fused-ring (bicyclic) bond motifs is 1. The van der Waals surface area contributed by atoms with Crippen molar-refractivity contribution in [2.45, 2.75) is 58.3 Å². The van der Waals surface area contributed by atoms with Crippen LogP contribution >= 0.6 is 0 Å². The van der Waals surface area contributed by atoms with Crippen LogP contribution in [0.1, 0.15) is 57.4 Å². The predicted octanol–water partition coefficient (Wildman–Crippen LogP) is 3.47. The van der Waals surface area contributed by atoms with Crippen LogP contribution in [-0.4, -0.2) is 74.2 Å². The van der Waals surface area contributed by atoms with Crippen molar-refractivity contribution in [3.05, 3.63) is 23.8 Å². The molecule has 1 aromatic carbocycles. The molecule has 2 amide bonds. The van der Waals surface area contributed by atoms with Crippen LogP contribution < -0.4 is 10.1 Å². The third-order valence-corrected chi connectivity index (χ3v) is 6.20. The highest BCUT2D eigenvalue weighted by atomic mass is 16.5. The van der Waals surface area contributed by atoms with Crippen molar-refractivity contribution in [3.63, 3.8) is 0 Å². The summed E-state index contributed by atoms with van der Waals surface area (Å²) in [6, 6.07) is 5.78. The van der Waals surface area contributed by atoms with E-state index in [0.29, 0.717) is 25.9 Å². The number of morpholine rings is 1. The molecule has 7 heteroatoms. The number of aryl methyl sites for hydroxylation is 1. The van der Waals surface area contributed by atoms with Crippen LogP contribution in [0.4, 0.5) is 5.69 Å². The highest BCUT2D eigenvalue weighted by Crippen LogP contribution is 2.26. The number of carbonyl (C=O) groups is 2. The highest BCUT2D eigenvalue weighted by Gasteiger charge is 2.17. The quantitative estimate of drug-likeness (QED) is 0.471. The Morgan fingerprint density at radius 1 is 1.12 bits per heavy atom. The lowest BCUT2D eigenvalue weighted by Gasteiger charge is -2.30. The first-order chi connectivity index (χ1) is 15.7. The molecular formula is C25H39N3O4. The number of anilines is 1. The number of amides is 2. The molecule has 1 N–H and O–H groups in total. The number of rotatable bonds is 13. The maximum absolute atomic E-state index is 12.9.